The number of allylic oxidation sites excluding steroid dienone is 1. The minimum Gasteiger partial charge on any atom is -0.470 e. The monoisotopic (exact) mass is 311 g/mol. The Labute approximate surface area is 136 Å². The van der Waals surface area contributed by atoms with Crippen LogP contribution in [0.2, 0.25) is 0 Å². The summed E-state index contributed by atoms with van der Waals surface area (Å²) < 4.78 is 11.6. The highest BCUT2D eigenvalue weighted by Gasteiger charge is 2.49. The lowest BCUT2D eigenvalue weighted by Crippen LogP contribution is -2.39. The highest BCUT2D eigenvalue weighted by Crippen LogP contribution is 2.41. The largest absolute Gasteiger partial charge is 0.470 e. The van der Waals surface area contributed by atoms with E-state index in [4.69, 9.17) is 9.47 Å². The van der Waals surface area contributed by atoms with Crippen LogP contribution in [0.3, 0.4) is 0 Å². The van der Waals surface area contributed by atoms with E-state index in [2.05, 4.69) is 13.0 Å². The number of benzene rings is 1. The zero-order chi connectivity index (χ0) is 15.8. The van der Waals surface area contributed by atoms with Crippen molar-refractivity contribution >= 4 is 6.09 Å². The minimum absolute atomic E-state index is 0.0301. The van der Waals surface area contributed by atoms with Gasteiger partial charge in [0.15, 0.2) is 0 Å². The summed E-state index contributed by atoms with van der Waals surface area (Å²) in [6, 6.07) is 9.98. The summed E-state index contributed by atoms with van der Waals surface area (Å²) >= 11 is 0. The molecule has 0 bridgehead atoms. The van der Waals surface area contributed by atoms with Crippen LogP contribution in [0.1, 0.15) is 37.8 Å². The van der Waals surface area contributed by atoms with Crippen molar-refractivity contribution in [2.24, 2.45) is 5.92 Å². The van der Waals surface area contributed by atoms with Gasteiger partial charge in [-0.1, -0.05) is 30.3 Å². The maximum Gasteiger partial charge on any atom is 0.411 e. The van der Waals surface area contributed by atoms with E-state index in [0.29, 0.717) is 0 Å². The summed E-state index contributed by atoms with van der Waals surface area (Å²) in [5.41, 5.74) is 1.11. The third kappa shape index (κ3) is 2.42. The molecular weight excluding hydrogens is 290 g/mol. The number of hydrogen-bond acceptors (Lipinski definition) is 3. The summed E-state index contributed by atoms with van der Waals surface area (Å²) in [7, 11) is 0. The second-order valence-electron chi connectivity index (χ2n) is 6.42. The molecule has 0 radical (unpaired) electrons. The Balaban J connectivity index is 1.66. The molecule has 4 rings (SSSR count). The summed E-state index contributed by atoms with van der Waals surface area (Å²) in [5, 5.41) is 0. The summed E-state index contributed by atoms with van der Waals surface area (Å²) in [6.07, 6.45) is 8.61. The van der Waals surface area contributed by atoms with Crippen molar-refractivity contribution in [1.29, 1.82) is 0 Å². The van der Waals surface area contributed by atoms with Crippen molar-refractivity contribution in [1.82, 2.24) is 4.90 Å². The Hall–Kier alpha value is -2.23. The van der Waals surface area contributed by atoms with Crippen LogP contribution in [0, 0.1) is 5.92 Å². The van der Waals surface area contributed by atoms with Gasteiger partial charge in [-0.05, 0) is 43.9 Å². The first-order valence-electron chi connectivity index (χ1n) is 8.33. The van der Waals surface area contributed by atoms with Gasteiger partial charge in [0, 0.05) is 0 Å². The second-order valence-corrected chi connectivity index (χ2v) is 6.42. The number of hydrogen-bond donors (Lipinski definition) is 0. The fourth-order valence-electron chi connectivity index (χ4n) is 3.89. The lowest BCUT2D eigenvalue weighted by Gasteiger charge is -2.30. The maximum atomic E-state index is 12.6. The van der Waals surface area contributed by atoms with Gasteiger partial charge in [-0.3, -0.25) is 4.90 Å². The number of rotatable bonds is 2. The molecule has 120 valence electrons. The van der Waals surface area contributed by atoms with E-state index in [0.717, 1.165) is 30.6 Å². The molecular formula is C19H21NO3. The first-order valence-corrected chi connectivity index (χ1v) is 8.33. The van der Waals surface area contributed by atoms with Crippen molar-refractivity contribution in [2.75, 3.05) is 0 Å². The van der Waals surface area contributed by atoms with Gasteiger partial charge in [-0.15, -0.1) is 0 Å². The maximum absolute atomic E-state index is 12.6. The number of carbonyl (C=O) groups excluding carboxylic acids is 1. The number of amides is 1. The van der Waals surface area contributed by atoms with Crippen LogP contribution in [0.4, 0.5) is 4.79 Å². The third-order valence-electron chi connectivity index (χ3n) is 5.11. The van der Waals surface area contributed by atoms with E-state index in [9.17, 15) is 4.79 Å². The average molecular weight is 311 g/mol. The Morgan fingerprint density at radius 2 is 2.09 bits per heavy atom. The number of nitrogens with zero attached hydrogens (tertiary/aromatic N) is 1. The van der Waals surface area contributed by atoms with E-state index in [-0.39, 0.29) is 30.2 Å². The smallest absolute Gasteiger partial charge is 0.411 e. The van der Waals surface area contributed by atoms with Crippen LogP contribution in [0.15, 0.2) is 54.5 Å². The van der Waals surface area contributed by atoms with E-state index < -0.39 is 0 Å². The summed E-state index contributed by atoms with van der Waals surface area (Å²) in [6.45, 7) is 2.05. The molecule has 4 unspecified atom stereocenters. The molecule has 0 saturated carbocycles. The number of fused-ring (bicyclic) bond motifs is 3. The molecule has 0 N–H and O–H groups in total. The molecule has 1 aromatic rings. The SMILES string of the molecule is CC(c1ccccc1)N1C(=O)OC2C3CCCC=C3OC=CC21. The first-order chi connectivity index (χ1) is 11.3. The predicted octanol–water partition coefficient (Wildman–Crippen LogP) is 4.16. The summed E-state index contributed by atoms with van der Waals surface area (Å²) in [5.74, 6) is 1.13. The molecule has 0 aromatic heterocycles. The van der Waals surface area contributed by atoms with Crippen LogP contribution in [0.25, 0.3) is 0 Å². The molecule has 1 aliphatic carbocycles. The zero-order valence-corrected chi connectivity index (χ0v) is 13.2. The zero-order valence-electron chi connectivity index (χ0n) is 13.2. The Morgan fingerprint density at radius 1 is 1.26 bits per heavy atom. The van der Waals surface area contributed by atoms with Crippen molar-refractivity contribution in [3.63, 3.8) is 0 Å². The summed E-state index contributed by atoms with van der Waals surface area (Å²) in [4.78, 5) is 14.4. The molecule has 1 aromatic carbocycles. The molecule has 1 amide bonds. The van der Waals surface area contributed by atoms with Gasteiger partial charge in [-0.2, -0.15) is 0 Å². The molecule has 3 aliphatic rings. The molecule has 4 heteroatoms. The van der Waals surface area contributed by atoms with Gasteiger partial charge in [0.05, 0.1) is 24.3 Å². The van der Waals surface area contributed by atoms with Crippen molar-refractivity contribution in [3.05, 3.63) is 60.1 Å². The molecule has 4 atom stereocenters. The number of ether oxygens (including phenoxy) is 2. The van der Waals surface area contributed by atoms with Crippen molar-refractivity contribution in [2.45, 2.75) is 44.4 Å². The van der Waals surface area contributed by atoms with Gasteiger partial charge in [0.1, 0.15) is 11.9 Å². The second kappa shape index (κ2) is 5.76. The highest BCUT2D eigenvalue weighted by molar-refractivity contribution is 5.72. The van der Waals surface area contributed by atoms with Gasteiger partial charge in [0.2, 0.25) is 0 Å². The normalized spacial score (nSPS) is 30.5. The average Bonchev–Trinajstić information content (AvgIpc) is 2.81. The van der Waals surface area contributed by atoms with Crippen LogP contribution in [-0.2, 0) is 9.47 Å². The molecule has 4 nitrogen and oxygen atoms in total. The molecule has 2 aliphatic heterocycles. The highest BCUT2D eigenvalue weighted by atomic mass is 16.6. The van der Waals surface area contributed by atoms with E-state index in [1.807, 2.05) is 41.3 Å². The lowest BCUT2D eigenvalue weighted by atomic mass is 9.86. The van der Waals surface area contributed by atoms with Gasteiger partial charge >= 0.3 is 6.09 Å². The molecule has 1 saturated heterocycles. The molecule has 23 heavy (non-hydrogen) atoms. The molecule has 0 spiro atoms. The predicted molar refractivity (Wildman–Crippen MR) is 86.4 cm³/mol. The van der Waals surface area contributed by atoms with Crippen LogP contribution < -0.4 is 0 Å². The quantitative estimate of drug-likeness (QED) is 0.823. The van der Waals surface area contributed by atoms with E-state index in [1.54, 1.807) is 6.26 Å². The first kappa shape index (κ1) is 14.4. The van der Waals surface area contributed by atoms with Gasteiger partial charge < -0.3 is 9.47 Å². The van der Waals surface area contributed by atoms with Crippen LogP contribution in [-0.4, -0.2) is 23.1 Å². The van der Waals surface area contributed by atoms with Crippen LogP contribution in [0.5, 0.6) is 0 Å². The number of carbonyl (C=O) groups is 1. The molecule has 1 fully saturated rings. The molecule has 2 heterocycles. The van der Waals surface area contributed by atoms with Crippen molar-refractivity contribution in [3.8, 4) is 0 Å². The van der Waals surface area contributed by atoms with Gasteiger partial charge in [0.25, 0.3) is 0 Å². The fourth-order valence-corrected chi connectivity index (χ4v) is 3.89. The Bertz CT molecular complexity index is 652. The lowest BCUT2D eigenvalue weighted by molar-refractivity contribution is 0.0872. The van der Waals surface area contributed by atoms with Crippen molar-refractivity contribution < 1.29 is 14.3 Å². The Morgan fingerprint density at radius 3 is 2.91 bits per heavy atom. The van der Waals surface area contributed by atoms with Gasteiger partial charge in [-0.25, -0.2) is 4.79 Å². The topological polar surface area (TPSA) is 38.8 Å². The van der Waals surface area contributed by atoms with E-state index >= 15 is 0 Å². The third-order valence-corrected chi connectivity index (χ3v) is 5.11. The fraction of sp³-hybridized carbons (Fsp3) is 0.421. The van der Waals surface area contributed by atoms with E-state index in [1.165, 1.54) is 0 Å². The Kier molecular flexibility index (Phi) is 3.60. The minimum atomic E-state index is -0.229. The van der Waals surface area contributed by atoms with Crippen LogP contribution >= 0.6 is 0 Å². The standard InChI is InChI=1S/C19H21NO3/c1-13(14-7-3-2-4-8-14)20-16-11-12-22-17-10-6-5-9-15(17)18(16)23-19(20)21/h2-4,7-8,10-13,15-16,18H,5-6,9H2,1H3.